The van der Waals surface area contributed by atoms with Crippen molar-refractivity contribution in [1.82, 2.24) is 15.0 Å². The Morgan fingerprint density at radius 3 is 2.32 bits per heavy atom. The summed E-state index contributed by atoms with van der Waals surface area (Å²) in [7, 11) is 0. The topological polar surface area (TPSA) is 135 Å². The lowest BCUT2D eigenvalue weighted by atomic mass is 9.82. The molecule has 2 aromatic heterocycles. The van der Waals surface area contributed by atoms with E-state index in [1.165, 1.54) is 0 Å². The Morgan fingerprint density at radius 1 is 1.18 bits per heavy atom. The summed E-state index contributed by atoms with van der Waals surface area (Å²) in [5.41, 5.74) is 2.21. The largest absolute Gasteiger partial charge is 0.490 e. The van der Waals surface area contributed by atoms with E-state index in [0.717, 1.165) is 56.5 Å². The number of fused-ring (bicyclic) bond motifs is 1. The van der Waals surface area contributed by atoms with E-state index in [4.69, 9.17) is 33.8 Å². The summed E-state index contributed by atoms with van der Waals surface area (Å²) in [6.07, 6.45) is -6.53. The molecule has 0 aromatic carbocycles. The molecule has 2 aromatic rings. The molecule has 0 amide bonds. The lowest BCUT2D eigenvalue weighted by molar-refractivity contribution is -0.193. The van der Waals surface area contributed by atoms with Crippen LogP contribution in [-0.4, -0.2) is 82.5 Å². The van der Waals surface area contributed by atoms with Crippen LogP contribution in [0.25, 0.3) is 0 Å². The smallest absolute Gasteiger partial charge is 0.475 e. The molecule has 0 spiro atoms. The third kappa shape index (κ3) is 9.57. The molecule has 4 heterocycles. The summed E-state index contributed by atoms with van der Waals surface area (Å²) in [6, 6.07) is 5.99. The average molecular weight is 557 g/mol. The van der Waals surface area contributed by atoms with Gasteiger partial charge < -0.3 is 24.2 Å². The molecule has 0 saturated carbocycles. The Labute approximate surface area is 212 Å². The van der Waals surface area contributed by atoms with Crippen LogP contribution in [-0.2, 0) is 32.2 Å². The van der Waals surface area contributed by atoms with E-state index in [0.29, 0.717) is 12.5 Å². The number of aliphatic carboxylic acids is 2. The van der Waals surface area contributed by atoms with Crippen molar-refractivity contribution in [2.75, 3.05) is 32.9 Å². The summed E-state index contributed by atoms with van der Waals surface area (Å²) < 4.78 is 80.4. The average Bonchev–Trinajstić information content (AvgIpc) is 3.48. The van der Waals surface area contributed by atoms with Gasteiger partial charge in [-0.2, -0.15) is 26.3 Å². The SMILES string of the molecule is Cc1cc(CN2C[C@@H]3COC[C@]3(COCc3cccnc3)C2)no1.O=C(O)C(F)(F)F.O=C(O)C(F)(F)F. The minimum atomic E-state index is -5.08. The van der Waals surface area contributed by atoms with Gasteiger partial charge in [-0.1, -0.05) is 11.2 Å². The van der Waals surface area contributed by atoms with Crippen LogP contribution in [0.4, 0.5) is 26.3 Å². The molecule has 2 aliphatic rings. The van der Waals surface area contributed by atoms with Gasteiger partial charge in [-0.3, -0.25) is 9.88 Å². The number of carbonyl (C=O) groups is 2. The Kier molecular flexibility index (Phi) is 10.6. The Hall–Kier alpha value is -3.24. The number of aromatic nitrogens is 2. The summed E-state index contributed by atoms with van der Waals surface area (Å²) in [5, 5.41) is 18.4. The molecule has 0 radical (unpaired) electrons. The van der Waals surface area contributed by atoms with E-state index < -0.39 is 24.3 Å². The van der Waals surface area contributed by atoms with Crippen molar-refractivity contribution < 1.29 is 60.1 Å². The summed E-state index contributed by atoms with van der Waals surface area (Å²) in [5.74, 6) is -4.12. The highest BCUT2D eigenvalue weighted by Crippen LogP contribution is 2.42. The van der Waals surface area contributed by atoms with Crippen LogP contribution >= 0.6 is 0 Å². The third-order valence-electron chi connectivity index (χ3n) is 5.52. The first kappa shape index (κ1) is 31.0. The first-order chi connectivity index (χ1) is 17.6. The third-order valence-corrected chi connectivity index (χ3v) is 5.52. The van der Waals surface area contributed by atoms with Gasteiger partial charge in [0.2, 0.25) is 0 Å². The van der Waals surface area contributed by atoms with E-state index in [1.54, 1.807) is 6.20 Å². The van der Waals surface area contributed by atoms with Gasteiger partial charge in [0.05, 0.1) is 32.1 Å². The summed E-state index contributed by atoms with van der Waals surface area (Å²) in [4.78, 5) is 24.4. The van der Waals surface area contributed by atoms with Gasteiger partial charge in [-0.25, -0.2) is 9.59 Å². The summed E-state index contributed by atoms with van der Waals surface area (Å²) >= 11 is 0. The van der Waals surface area contributed by atoms with E-state index >= 15 is 0 Å². The standard InChI is InChI=1S/C18H23N3O3.2C2HF3O2/c1-14-5-17(20-24-14)8-21-7-16-10-23-13-18(16,11-21)12-22-9-15-3-2-4-19-6-15;2*3-2(4,5)1(6)7/h2-6,16H,7-13H2,1H3;2*(H,6,7)/t16-,18-;;/m1../s1. The van der Waals surface area contributed by atoms with Crippen molar-refractivity contribution in [3.05, 3.63) is 47.6 Å². The quantitative estimate of drug-likeness (QED) is 0.510. The molecule has 2 saturated heterocycles. The van der Waals surface area contributed by atoms with Gasteiger partial charge in [0.1, 0.15) is 5.76 Å². The molecule has 38 heavy (non-hydrogen) atoms. The summed E-state index contributed by atoms with van der Waals surface area (Å²) in [6.45, 7) is 7.70. The molecule has 0 aliphatic carbocycles. The molecule has 212 valence electrons. The lowest BCUT2D eigenvalue weighted by Crippen LogP contribution is -2.35. The number of aryl methyl sites for hydroxylation is 1. The van der Waals surface area contributed by atoms with Crippen LogP contribution in [0.3, 0.4) is 0 Å². The van der Waals surface area contributed by atoms with Crippen molar-refractivity contribution in [3.8, 4) is 0 Å². The van der Waals surface area contributed by atoms with Crippen molar-refractivity contribution in [1.29, 1.82) is 0 Å². The van der Waals surface area contributed by atoms with Gasteiger partial charge in [0.15, 0.2) is 0 Å². The van der Waals surface area contributed by atoms with Crippen molar-refractivity contribution in [2.45, 2.75) is 32.4 Å². The second kappa shape index (κ2) is 13.0. The van der Waals surface area contributed by atoms with Crippen LogP contribution < -0.4 is 0 Å². The van der Waals surface area contributed by atoms with Crippen LogP contribution in [0.2, 0.25) is 0 Å². The van der Waals surface area contributed by atoms with E-state index in [1.807, 2.05) is 31.3 Å². The molecule has 2 N–H and O–H groups in total. The molecule has 2 fully saturated rings. The number of rotatable bonds is 6. The van der Waals surface area contributed by atoms with E-state index in [-0.39, 0.29) is 5.41 Å². The normalized spacial score (nSPS) is 21.1. The maximum atomic E-state index is 10.6. The number of likely N-dealkylation sites (tertiary alicyclic amines) is 1. The van der Waals surface area contributed by atoms with Crippen molar-refractivity contribution in [3.63, 3.8) is 0 Å². The Morgan fingerprint density at radius 2 is 1.82 bits per heavy atom. The minimum absolute atomic E-state index is 0.0982. The number of halogens is 6. The number of hydrogen-bond acceptors (Lipinski definition) is 8. The number of carboxylic acids is 2. The van der Waals surface area contributed by atoms with Gasteiger partial charge in [-0.05, 0) is 18.6 Å². The molecule has 2 aliphatic heterocycles. The zero-order valence-electron chi connectivity index (χ0n) is 20.0. The van der Waals surface area contributed by atoms with E-state index in [9.17, 15) is 26.3 Å². The van der Waals surface area contributed by atoms with Crippen molar-refractivity contribution in [2.24, 2.45) is 11.3 Å². The Bertz CT molecular complexity index is 1020. The molecule has 0 bridgehead atoms. The first-order valence-corrected chi connectivity index (χ1v) is 10.9. The maximum absolute atomic E-state index is 10.6. The number of alkyl halides is 6. The highest BCUT2D eigenvalue weighted by molar-refractivity contribution is 5.73. The number of carboxylic acid groups (broad SMARTS) is 2. The van der Waals surface area contributed by atoms with E-state index in [2.05, 4.69) is 15.0 Å². The number of ether oxygens (including phenoxy) is 2. The van der Waals surface area contributed by atoms with Gasteiger partial charge in [-0.15, -0.1) is 0 Å². The molecule has 16 heteroatoms. The predicted octanol–water partition coefficient (Wildman–Crippen LogP) is 3.31. The van der Waals surface area contributed by atoms with Crippen LogP contribution in [0.15, 0.2) is 35.1 Å². The second-order valence-electron chi connectivity index (χ2n) is 8.63. The maximum Gasteiger partial charge on any atom is 0.490 e. The number of pyridine rings is 1. The Balaban J connectivity index is 0.000000301. The molecule has 10 nitrogen and oxygen atoms in total. The van der Waals surface area contributed by atoms with Gasteiger partial charge in [0.25, 0.3) is 0 Å². The zero-order valence-corrected chi connectivity index (χ0v) is 20.0. The van der Waals surface area contributed by atoms with Gasteiger partial charge >= 0.3 is 24.3 Å². The second-order valence-corrected chi connectivity index (χ2v) is 8.63. The highest BCUT2D eigenvalue weighted by Gasteiger charge is 2.50. The van der Waals surface area contributed by atoms with Crippen LogP contribution in [0, 0.1) is 18.3 Å². The molecule has 0 unspecified atom stereocenters. The lowest BCUT2D eigenvalue weighted by Gasteiger charge is -2.27. The molecular formula is C22H25F6N3O7. The number of hydrogen-bond donors (Lipinski definition) is 2. The van der Waals surface area contributed by atoms with Crippen LogP contribution in [0.5, 0.6) is 0 Å². The molecular weight excluding hydrogens is 532 g/mol. The number of nitrogens with zero attached hydrogens (tertiary/aromatic N) is 3. The van der Waals surface area contributed by atoms with Gasteiger partial charge in [0, 0.05) is 49.4 Å². The van der Waals surface area contributed by atoms with Crippen LogP contribution in [0.1, 0.15) is 17.0 Å². The fourth-order valence-electron chi connectivity index (χ4n) is 3.84. The van der Waals surface area contributed by atoms with Crippen molar-refractivity contribution >= 4 is 11.9 Å². The molecule has 4 rings (SSSR count). The fourth-order valence-corrected chi connectivity index (χ4v) is 3.84. The fraction of sp³-hybridized carbons (Fsp3) is 0.545. The predicted molar refractivity (Wildman–Crippen MR) is 115 cm³/mol. The molecule has 2 atom stereocenters. The monoisotopic (exact) mass is 557 g/mol. The zero-order chi connectivity index (χ0) is 28.6. The minimum Gasteiger partial charge on any atom is -0.475 e. The highest BCUT2D eigenvalue weighted by atomic mass is 19.4. The first-order valence-electron chi connectivity index (χ1n) is 10.9.